The molecule has 0 bridgehead atoms. The molecule has 0 unspecified atom stereocenters. The number of nitrogens with zero attached hydrogens (tertiary/aromatic N) is 3. The number of hydrogen-bond donors (Lipinski definition) is 1. The number of nitrogens with one attached hydrogen (secondary N) is 1. The molecule has 1 fully saturated rings. The molecule has 1 N–H and O–H groups in total. The van der Waals surface area contributed by atoms with Gasteiger partial charge < -0.3 is 14.5 Å². The fourth-order valence-corrected chi connectivity index (χ4v) is 3.85. The Morgan fingerprint density at radius 1 is 1.23 bits per heavy atom. The van der Waals surface area contributed by atoms with Crippen molar-refractivity contribution in [3.8, 4) is 0 Å². The largest absolute Gasteiger partial charge is 0.378 e. The summed E-state index contributed by atoms with van der Waals surface area (Å²) in [7, 11) is 0. The minimum atomic E-state index is -0.167. The monoisotopic (exact) mass is 412 g/mol. The summed E-state index contributed by atoms with van der Waals surface area (Å²) >= 11 is 0. The average molecular weight is 413 g/mol. The van der Waals surface area contributed by atoms with Crippen LogP contribution in [0.1, 0.15) is 42.7 Å². The van der Waals surface area contributed by atoms with Gasteiger partial charge in [-0.15, -0.1) is 0 Å². The summed E-state index contributed by atoms with van der Waals surface area (Å²) in [4.78, 5) is 37.2. The minimum absolute atomic E-state index is 0.00903. The SMILES string of the molecule is Cc1ccc(C)c(N(C(=O)CCc2c(C)nc(N3CCOCC3)[nH]c2=O)C(C)C)c1. The highest BCUT2D eigenvalue weighted by Gasteiger charge is 2.22. The van der Waals surface area contributed by atoms with Crippen LogP contribution in [0, 0.1) is 20.8 Å². The Morgan fingerprint density at radius 3 is 2.57 bits per heavy atom. The quantitative estimate of drug-likeness (QED) is 0.789. The lowest BCUT2D eigenvalue weighted by molar-refractivity contribution is -0.118. The molecule has 0 saturated carbocycles. The van der Waals surface area contributed by atoms with Gasteiger partial charge in [0.25, 0.3) is 5.56 Å². The average Bonchev–Trinajstić information content (AvgIpc) is 2.70. The van der Waals surface area contributed by atoms with Crippen LogP contribution < -0.4 is 15.4 Å². The van der Waals surface area contributed by atoms with E-state index in [9.17, 15) is 9.59 Å². The van der Waals surface area contributed by atoms with Gasteiger partial charge in [-0.2, -0.15) is 0 Å². The molecule has 0 atom stereocenters. The van der Waals surface area contributed by atoms with Crippen LogP contribution in [0.15, 0.2) is 23.0 Å². The molecule has 7 heteroatoms. The Bertz CT molecular complexity index is 961. The lowest BCUT2D eigenvalue weighted by Crippen LogP contribution is -2.39. The number of anilines is 2. The Labute approximate surface area is 178 Å². The number of ether oxygens (including phenoxy) is 1. The van der Waals surface area contributed by atoms with E-state index < -0.39 is 0 Å². The van der Waals surface area contributed by atoms with Crippen LogP contribution in [-0.2, 0) is 16.0 Å². The van der Waals surface area contributed by atoms with Crippen molar-refractivity contribution < 1.29 is 9.53 Å². The van der Waals surface area contributed by atoms with E-state index in [2.05, 4.69) is 9.97 Å². The Morgan fingerprint density at radius 2 is 1.93 bits per heavy atom. The van der Waals surface area contributed by atoms with E-state index in [1.54, 1.807) is 0 Å². The number of aryl methyl sites for hydroxylation is 3. The van der Waals surface area contributed by atoms with E-state index in [-0.39, 0.29) is 23.9 Å². The molecule has 0 radical (unpaired) electrons. The second kappa shape index (κ2) is 9.43. The molecule has 1 aromatic carbocycles. The molecule has 1 aliphatic rings. The normalized spacial score (nSPS) is 14.3. The second-order valence-corrected chi connectivity index (χ2v) is 8.20. The van der Waals surface area contributed by atoms with Crippen molar-refractivity contribution in [1.29, 1.82) is 0 Å². The number of hydrogen-bond acceptors (Lipinski definition) is 5. The number of morpholine rings is 1. The molecular formula is C23H32N4O3. The zero-order chi connectivity index (χ0) is 21.8. The first kappa shape index (κ1) is 22.0. The fourth-order valence-electron chi connectivity index (χ4n) is 3.85. The van der Waals surface area contributed by atoms with Gasteiger partial charge in [-0.25, -0.2) is 4.98 Å². The molecule has 1 amide bonds. The Kier molecular flexibility index (Phi) is 6.92. The molecule has 2 heterocycles. The number of carbonyl (C=O) groups is 1. The molecule has 30 heavy (non-hydrogen) atoms. The topological polar surface area (TPSA) is 78.5 Å². The number of aromatic nitrogens is 2. The first-order chi connectivity index (χ1) is 14.3. The molecular weight excluding hydrogens is 380 g/mol. The molecule has 3 rings (SSSR count). The van der Waals surface area contributed by atoms with E-state index in [1.165, 1.54) is 0 Å². The van der Waals surface area contributed by atoms with Crippen molar-refractivity contribution >= 4 is 17.5 Å². The van der Waals surface area contributed by atoms with E-state index >= 15 is 0 Å². The van der Waals surface area contributed by atoms with Gasteiger partial charge >= 0.3 is 0 Å². The predicted octanol–water partition coefficient (Wildman–Crippen LogP) is 2.91. The van der Waals surface area contributed by atoms with E-state index in [4.69, 9.17) is 4.74 Å². The van der Waals surface area contributed by atoms with Crippen LogP contribution in [-0.4, -0.2) is 48.2 Å². The number of amides is 1. The summed E-state index contributed by atoms with van der Waals surface area (Å²) in [6.45, 7) is 12.6. The minimum Gasteiger partial charge on any atom is -0.378 e. The van der Waals surface area contributed by atoms with Crippen LogP contribution in [0.4, 0.5) is 11.6 Å². The first-order valence-electron chi connectivity index (χ1n) is 10.6. The summed E-state index contributed by atoms with van der Waals surface area (Å²) in [5.41, 5.74) is 4.19. The van der Waals surface area contributed by atoms with Gasteiger partial charge in [-0.05, 0) is 58.2 Å². The maximum absolute atomic E-state index is 13.1. The van der Waals surface area contributed by atoms with Crippen molar-refractivity contribution in [1.82, 2.24) is 9.97 Å². The Balaban J connectivity index is 1.77. The molecule has 1 aromatic heterocycles. The van der Waals surface area contributed by atoms with Crippen molar-refractivity contribution in [3.63, 3.8) is 0 Å². The van der Waals surface area contributed by atoms with Crippen LogP contribution in [0.2, 0.25) is 0 Å². The molecule has 2 aromatic rings. The maximum atomic E-state index is 13.1. The van der Waals surface area contributed by atoms with E-state index in [0.717, 1.165) is 16.8 Å². The van der Waals surface area contributed by atoms with Crippen LogP contribution in [0.25, 0.3) is 0 Å². The number of H-pyrrole nitrogens is 1. The third kappa shape index (κ3) is 4.90. The highest BCUT2D eigenvalue weighted by atomic mass is 16.5. The smallest absolute Gasteiger partial charge is 0.255 e. The summed E-state index contributed by atoms with van der Waals surface area (Å²) in [5, 5.41) is 0. The van der Waals surface area contributed by atoms with Gasteiger partial charge in [0.2, 0.25) is 11.9 Å². The third-order valence-corrected chi connectivity index (χ3v) is 5.52. The van der Waals surface area contributed by atoms with Gasteiger partial charge in [0.05, 0.1) is 13.2 Å². The van der Waals surface area contributed by atoms with Crippen molar-refractivity contribution in [2.75, 3.05) is 36.1 Å². The molecule has 0 spiro atoms. The summed E-state index contributed by atoms with van der Waals surface area (Å²) < 4.78 is 5.36. The van der Waals surface area contributed by atoms with Gasteiger partial charge in [0.15, 0.2) is 0 Å². The zero-order valence-electron chi connectivity index (χ0n) is 18.6. The first-order valence-corrected chi connectivity index (χ1v) is 10.6. The van der Waals surface area contributed by atoms with Gasteiger partial charge in [-0.1, -0.05) is 12.1 Å². The highest BCUT2D eigenvalue weighted by molar-refractivity contribution is 5.94. The predicted molar refractivity (Wildman–Crippen MR) is 119 cm³/mol. The molecule has 162 valence electrons. The van der Waals surface area contributed by atoms with Crippen molar-refractivity contribution in [3.05, 3.63) is 50.9 Å². The highest BCUT2D eigenvalue weighted by Crippen LogP contribution is 2.25. The number of carbonyl (C=O) groups excluding carboxylic acids is 1. The Hall–Kier alpha value is -2.67. The number of aromatic amines is 1. The number of benzene rings is 1. The molecule has 1 saturated heterocycles. The van der Waals surface area contributed by atoms with Crippen LogP contribution in [0.3, 0.4) is 0 Å². The standard InChI is InChI=1S/C23H32N4O3/c1-15(2)27(20-14-16(3)6-7-17(20)4)21(28)9-8-19-18(5)24-23(25-22(19)29)26-10-12-30-13-11-26/h6-7,14-15H,8-13H2,1-5H3,(H,24,25,29). The fraction of sp³-hybridized carbons (Fsp3) is 0.522. The summed E-state index contributed by atoms with van der Waals surface area (Å²) in [5.74, 6) is 0.588. The number of rotatable bonds is 6. The third-order valence-electron chi connectivity index (χ3n) is 5.52. The van der Waals surface area contributed by atoms with Crippen molar-refractivity contribution in [2.24, 2.45) is 0 Å². The van der Waals surface area contributed by atoms with Crippen LogP contribution >= 0.6 is 0 Å². The van der Waals surface area contributed by atoms with E-state index in [1.807, 2.05) is 62.6 Å². The molecule has 1 aliphatic heterocycles. The lowest BCUT2D eigenvalue weighted by Gasteiger charge is -2.29. The zero-order valence-corrected chi connectivity index (χ0v) is 18.6. The summed E-state index contributed by atoms with van der Waals surface area (Å²) in [6, 6.07) is 6.16. The van der Waals surface area contributed by atoms with Gasteiger partial charge in [0, 0.05) is 42.5 Å². The van der Waals surface area contributed by atoms with Gasteiger partial charge in [0.1, 0.15) is 0 Å². The van der Waals surface area contributed by atoms with Crippen molar-refractivity contribution in [2.45, 2.75) is 53.5 Å². The molecule has 7 nitrogen and oxygen atoms in total. The van der Waals surface area contributed by atoms with Crippen LogP contribution in [0.5, 0.6) is 0 Å². The summed E-state index contributed by atoms with van der Waals surface area (Å²) in [6.07, 6.45) is 0.624. The second-order valence-electron chi connectivity index (χ2n) is 8.20. The van der Waals surface area contributed by atoms with E-state index in [0.29, 0.717) is 49.9 Å². The van der Waals surface area contributed by atoms with Gasteiger partial charge in [-0.3, -0.25) is 14.6 Å². The maximum Gasteiger partial charge on any atom is 0.255 e. The lowest BCUT2D eigenvalue weighted by atomic mass is 10.1. The molecule has 0 aliphatic carbocycles.